The summed E-state index contributed by atoms with van der Waals surface area (Å²) in [5, 5.41) is 19.0. The maximum atomic E-state index is 12.2. The molecule has 0 spiro atoms. The van der Waals surface area contributed by atoms with Crippen LogP contribution in [0.1, 0.15) is 36.3 Å². The first-order chi connectivity index (χ1) is 12.2. The van der Waals surface area contributed by atoms with E-state index in [1.54, 1.807) is 17.8 Å². The van der Waals surface area contributed by atoms with E-state index in [4.69, 9.17) is 5.11 Å². The minimum absolute atomic E-state index is 0.117. The predicted octanol–water partition coefficient (Wildman–Crippen LogP) is 0.622. The number of hydrogen-bond donors (Lipinski definition) is 3. The molecule has 9 nitrogen and oxygen atoms in total. The van der Waals surface area contributed by atoms with Gasteiger partial charge in [0.1, 0.15) is 6.04 Å². The first-order valence-electron chi connectivity index (χ1n) is 8.28. The average molecular weight is 361 g/mol. The quantitative estimate of drug-likeness (QED) is 0.664. The number of fused-ring (bicyclic) bond motifs is 1. The molecule has 0 aliphatic heterocycles. The summed E-state index contributed by atoms with van der Waals surface area (Å²) in [4.78, 5) is 39.5. The van der Waals surface area contributed by atoms with Crippen LogP contribution in [0.15, 0.2) is 12.3 Å². The van der Waals surface area contributed by atoms with E-state index in [-0.39, 0.29) is 12.5 Å². The molecule has 0 aliphatic rings. The zero-order chi connectivity index (χ0) is 19.4. The van der Waals surface area contributed by atoms with Gasteiger partial charge < -0.3 is 15.7 Å². The first-order valence-corrected chi connectivity index (χ1v) is 8.28. The molecule has 2 aromatic rings. The molecule has 3 N–H and O–H groups in total. The molecule has 2 heterocycles. The molecule has 0 fully saturated rings. The highest BCUT2D eigenvalue weighted by Crippen LogP contribution is 2.16. The Morgan fingerprint density at radius 1 is 1.31 bits per heavy atom. The number of carbonyl (C=O) groups excluding carboxylic acids is 2. The topological polar surface area (TPSA) is 126 Å². The Labute approximate surface area is 150 Å². The minimum atomic E-state index is -1.10. The average Bonchev–Trinajstić information content (AvgIpc) is 2.85. The third-order valence-corrected chi connectivity index (χ3v) is 3.88. The number of carbonyl (C=O) groups is 3. The molecule has 0 unspecified atom stereocenters. The van der Waals surface area contributed by atoms with E-state index in [2.05, 4.69) is 20.7 Å². The van der Waals surface area contributed by atoms with E-state index in [9.17, 15) is 14.4 Å². The molecule has 140 valence electrons. The van der Waals surface area contributed by atoms with Gasteiger partial charge in [-0.25, -0.2) is 9.78 Å². The summed E-state index contributed by atoms with van der Waals surface area (Å²) in [5.74, 6) is -2.00. The van der Waals surface area contributed by atoms with Gasteiger partial charge >= 0.3 is 5.97 Å². The summed E-state index contributed by atoms with van der Waals surface area (Å²) in [5.41, 5.74) is 1.72. The van der Waals surface area contributed by atoms with Crippen molar-refractivity contribution < 1.29 is 19.5 Å². The zero-order valence-corrected chi connectivity index (χ0v) is 15.2. The maximum absolute atomic E-state index is 12.2. The first kappa shape index (κ1) is 19.4. The Morgan fingerprint density at radius 2 is 2.00 bits per heavy atom. The van der Waals surface area contributed by atoms with Gasteiger partial charge in [0.05, 0.1) is 17.8 Å². The lowest BCUT2D eigenvalue weighted by Gasteiger charge is -2.16. The maximum Gasteiger partial charge on any atom is 0.326 e. The van der Waals surface area contributed by atoms with Crippen molar-refractivity contribution in [1.29, 1.82) is 0 Å². The number of aryl methyl sites for hydroxylation is 2. The number of carboxylic acid groups (broad SMARTS) is 1. The largest absolute Gasteiger partial charge is 0.480 e. The number of amides is 2. The number of hydrogen-bond acceptors (Lipinski definition) is 5. The standard InChI is InChI=1S/C17H23N5O4/c1-9(2)5-13(17(25)26)20-14(23)8-19-16(24)11-6-12-10(3)21-22(4)15(12)18-7-11/h6-7,9,13H,5,8H2,1-4H3,(H,19,24)(H,20,23)(H,25,26)/t13-/m0/s1. The van der Waals surface area contributed by atoms with E-state index in [0.717, 1.165) is 11.1 Å². The zero-order valence-electron chi connectivity index (χ0n) is 15.2. The number of nitrogens with zero attached hydrogens (tertiary/aromatic N) is 3. The molecule has 2 aromatic heterocycles. The fourth-order valence-electron chi connectivity index (χ4n) is 2.63. The van der Waals surface area contributed by atoms with Crippen LogP contribution in [0.4, 0.5) is 0 Å². The number of pyridine rings is 1. The van der Waals surface area contributed by atoms with Gasteiger partial charge in [-0.05, 0) is 25.3 Å². The van der Waals surface area contributed by atoms with Crippen molar-refractivity contribution in [3.05, 3.63) is 23.5 Å². The molecule has 2 amide bonds. The normalized spacial score (nSPS) is 12.2. The summed E-state index contributed by atoms with van der Waals surface area (Å²) in [6, 6.07) is 0.687. The molecule has 9 heteroatoms. The van der Waals surface area contributed by atoms with Crippen molar-refractivity contribution in [3.8, 4) is 0 Å². The molecule has 0 saturated heterocycles. The SMILES string of the molecule is Cc1nn(C)c2ncc(C(=O)NCC(=O)N[C@@H](CC(C)C)C(=O)O)cc12. The summed E-state index contributed by atoms with van der Waals surface area (Å²) < 4.78 is 1.63. The van der Waals surface area contributed by atoms with Crippen LogP contribution in [0.3, 0.4) is 0 Å². The molecule has 26 heavy (non-hydrogen) atoms. The third-order valence-electron chi connectivity index (χ3n) is 3.88. The highest BCUT2D eigenvalue weighted by atomic mass is 16.4. The number of aliphatic carboxylic acids is 1. The van der Waals surface area contributed by atoms with E-state index in [1.165, 1.54) is 6.20 Å². The Morgan fingerprint density at radius 3 is 2.62 bits per heavy atom. The van der Waals surface area contributed by atoms with Gasteiger partial charge in [-0.1, -0.05) is 13.8 Å². The van der Waals surface area contributed by atoms with Crippen molar-refractivity contribution in [2.24, 2.45) is 13.0 Å². The highest BCUT2D eigenvalue weighted by Gasteiger charge is 2.21. The van der Waals surface area contributed by atoms with Gasteiger partial charge in [0.2, 0.25) is 5.91 Å². The van der Waals surface area contributed by atoms with Crippen molar-refractivity contribution in [2.45, 2.75) is 33.2 Å². The Kier molecular flexibility index (Phi) is 5.91. The van der Waals surface area contributed by atoms with Crippen molar-refractivity contribution in [1.82, 2.24) is 25.4 Å². The number of nitrogens with one attached hydrogen (secondary N) is 2. The van der Waals surface area contributed by atoms with Crippen LogP contribution in [0.25, 0.3) is 11.0 Å². The number of carboxylic acids is 1. The van der Waals surface area contributed by atoms with Crippen molar-refractivity contribution >= 4 is 28.8 Å². The van der Waals surface area contributed by atoms with Crippen molar-refractivity contribution in [3.63, 3.8) is 0 Å². The van der Waals surface area contributed by atoms with Crippen molar-refractivity contribution in [2.75, 3.05) is 6.54 Å². The number of rotatable bonds is 7. The molecular weight excluding hydrogens is 338 g/mol. The molecule has 0 aromatic carbocycles. The van der Waals surface area contributed by atoms with Crippen LogP contribution in [0, 0.1) is 12.8 Å². The van der Waals surface area contributed by atoms with E-state index in [0.29, 0.717) is 17.6 Å². The summed E-state index contributed by atoms with van der Waals surface area (Å²) >= 11 is 0. The van der Waals surface area contributed by atoms with Gasteiger partial charge in [0, 0.05) is 18.6 Å². The lowest BCUT2D eigenvalue weighted by atomic mass is 10.0. The predicted molar refractivity (Wildman–Crippen MR) is 94.6 cm³/mol. The second-order valence-electron chi connectivity index (χ2n) is 6.57. The molecule has 2 rings (SSSR count). The lowest BCUT2D eigenvalue weighted by molar-refractivity contribution is -0.142. The second kappa shape index (κ2) is 7.94. The van der Waals surface area contributed by atoms with Crippen LogP contribution in [0.2, 0.25) is 0 Å². The third kappa shape index (κ3) is 4.56. The van der Waals surface area contributed by atoms with Crippen LogP contribution in [-0.2, 0) is 16.6 Å². The minimum Gasteiger partial charge on any atom is -0.480 e. The number of aromatic nitrogens is 3. The van der Waals surface area contributed by atoms with Gasteiger partial charge in [-0.2, -0.15) is 5.10 Å². The molecule has 0 saturated carbocycles. The Hall–Kier alpha value is -2.97. The van der Waals surface area contributed by atoms with Gasteiger partial charge in [0.15, 0.2) is 5.65 Å². The lowest BCUT2D eigenvalue weighted by Crippen LogP contribution is -2.46. The Balaban J connectivity index is 1.98. The monoisotopic (exact) mass is 361 g/mol. The van der Waals surface area contributed by atoms with Gasteiger partial charge in [-0.3, -0.25) is 14.3 Å². The summed E-state index contributed by atoms with van der Waals surface area (Å²) in [7, 11) is 1.77. The van der Waals surface area contributed by atoms with Crippen LogP contribution < -0.4 is 10.6 Å². The van der Waals surface area contributed by atoms with E-state index >= 15 is 0 Å². The van der Waals surface area contributed by atoms with Crippen LogP contribution in [0.5, 0.6) is 0 Å². The summed E-state index contributed by atoms with van der Waals surface area (Å²) in [6.07, 6.45) is 1.73. The van der Waals surface area contributed by atoms with Crippen LogP contribution in [-0.4, -0.2) is 50.2 Å². The van der Waals surface area contributed by atoms with Crippen LogP contribution >= 0.6 is 0 Å². The molecule has 0 bridgehead atoms. The molecule has 0 aliphatic carbocycles. The highest BCUT2D eigenvalue weighted by molar-refractivity contribution is 5.99. The van der Waals surface area contributed by atoms with Gasteiger partial charge in [0.25, 0.3) is 5.91 Å². The molecular formula is C17H23N5O4. The van der Waals surface area contributed by atoms with E-state index < -0.39 is 23.8 Å². The fraction of sp³-hybridized carbons (Fsp3) is 0.471. The smallest absolute Gasteiger partial charge is 0.326 e. The second-order valence-corrected chi connectivity index (χ2v) is 6.57. The van der Waals surface area contributed by atoms with Gasteiger partial charge in [-0.15, -0.1) is 0 Å². The molecule has 0 radical (unpaired) electrons. The van der Waals surface area contributed by atoms with E-state index in [1.807, 2.05) is 20.8 Å². The molecule has 1 atom stereocenters. The fourth-order valence-corrected chi connectivity index (χ4v) is 2.63. The summed E-state index contributed by atoms with van der Waals surface area (Å²) in [6.45, 7) is 5.24. The Bertz CT molecular complexity index is 843.